The highest BCUT2D eigenvalue weighted by Gasteiger charge is 2.09. The number of nitrogens with zero attached hydrogens (tertiary/aromatic N) is 2. The molecule has 0 aromatic heterocycles. The lowest BCUT2D eigenvalue weighted by Gasteiger charge is -2.24. The second-order valence-electron chi connectivity index (χ2n) is 3.69. The van der Waals surface area contributed by atoms with E-state index in [1.54, 1.807) is 0 Å². The van der Waals surface area contributed by atoms with Gasteiger partial charge in [0, 0.05) is 0 Å². The molecular formula is C14H24N2. The lowest BCUT2D eigenvalue weighted by Crippen LogP contribution is -2.16. The van der Waals surface area contributed by atoms with Crippen molar-refractivity contribution < 1.29 is 4.58 Å². The quantitative estimate of drug-likeness (QED) is 0.431. The van der Waals surface area contributed by atoms with Gasteiger partial charge in [-0.1, -0.05) is 31.5 Å². The molecule has 1 aromatic carbocycles. The Hall–Kier alpha value is -1.44. The Labute approximate surface area is 100 Å². The van der Waals surface area contributed by atoms with Gasteiger partial charge in [-0.25, -0.2) is 0 Å². The summed E-state index contributed by atoms with van der Waals surface area (Å²) < 4.78 is 1.89. The molecule has 0 aliphatic heterocycles. The maximum Gasteiger partial charge on any atom is 0.120 e. The molecule has 0 radical (unpaired) electrons. The summed E-state index contributed by atoms with van der Waals surface area (Å²) in [7, 11) is 6.06. The summed E-state index contributed by atoms with van der Waals surface area (Å²) in [4.78, 5) is 2.11. The summed E-state index contributed by atoms with van der Waals surface area (Å²) in [6, 6.07) is 9.51. The first-order chi connectivity index (χ1) is 7.54. The van der Waals surface area contributed by atoms with Crippen molar-refractivity contribution in [3.05, 3.63) is 35.9 Å². The third-order valence-electron chi connectivity index (χ3n) is 2.35. The predicted molar refractivity (Wildman–Crippen MR) is 73.4 cm³/mol. The van der Waals surface area contributed by atoms with Crippen molar-refractivity contribution >= 4 is 12.4 Å². The van der Waals surface area contributed by atoms with Crippen LogP contribution < -0.4 is 4.90 Å². The molecule has 2 heteroatoms. The Kier molecular flexibility index (Phi) is 6.31. The topological polar surface area (TPSA) is 6.25 Å². The minimum Gasteiger partial charge on any atom is -0.415 e. The zero-order valence-corrected chi connectivity index (χ0v) is 11.4. The minimum atomic E-state index is 1.18. The number of benzene rings is 1. The predicted octanol–water partition coefficient (Wildman–Crippen LogP) is 3.02. The molecule has 0 amide bonds. The first-order valence-corrected chi connectivity index (χ1v) is 5.68. The molecule has 0 bridgehead atoms. The summed E-state index contributed by atoms with van der Waals surface area (Å²) in [5.41, 5.74) is 2.45. The standard InChI is InChI=1S/C12H18N2.C2H6/c1-10(13(2)3)11-8-6-7-9-12(11)14(4)5;1-2/h6-9H,2H2,1,3-5H3;1-2H3. The molecule has 0 saturated carbocycles. The van der Waals surface area contributed by atoms with Gasteiger partial charge in [0.15, 0.2) is 0 Å². The van der Waals surface area contributed by atoms with Crippen LogP contribution in [0, 0.1) is 6.04 Å². The van der Waals surface area contributed by atoms with E-state index in [1.807, 2.05) is 25.5 Å². The molecule has 0 spiro atoms. The van der Waals surface area contributed by atoms with Gasteiger partial charge in [0.2, 0.25) is 0 Å². The molecule has 0 heterocycles. The molecule has 0 atom stereocenters. The lowest BCUT2D eigenvalue weighted by atomic mass is 10.1. The number of rotatable bonds is 3. The highest BCUT2D eigenvalue weighted by Crippen LogP contribution is 2.25. The van der Waals surface area contributed by atoms with Crippen LogP contribution in [-0.4, -0.2) is 32.4 Å². The van der Waals surface area contributed by atoms with Crippen molar-refractivity contribution in [1.29, 1.82) is 0 Å². The smallest absolute Gasteiger partial charge is 0.120 e. The fourth-order valence-corrected chi connectivity index (χ4v) is 1.38. The Morgan fingerprint density at radius 2 is 1.69 bits per heavy atom. The molecule has 2 nitrogen and oxygen atoms in total. The fourth-order valence-electron chi connectivity index (χ4n) is 1.38. The van der Waals surface area contributed by atoms with Crippen molar-refractivity contribution in [2.75, 3.05) is 26.0 Å². The van der Waals surface area contributed by atoms with Gasteiger partial charge in [-0.15, -0.1) is 12.1 Å². The van der Waals surface area contributed by atoms with Crippen LogP contribution in [-0.2, 0) is 0 Å². The Morgan fingerprint density at radius 3 is 2.12 bits per heavy atom. The number of para-hydroxylation sites is 1. The third-order valence-corrected chi connectivity index (χ3v) is 2.35. The van der Waals surface area contributed by atoms with Gasteiger partial charge in [-0.2, -0.15) is 0 Å². The molecule has 0 aliphatic rings. The zero-order chi connectivity index (χ0) is 12.7. The summed E-state index contributed by atoms with van der Waals surface area (Å²) in [6.07, 6.45) is 0. The van der Waals surface area contributed by atoms with Crippen molar-refractivity contribution in [2.24, 2.45) is 0 Å². The van der Waals surface area contributed by atoms with E-state index in [0.29, 0.717) is 0 Å². The molecule has 0 N–H and O–H groups in total. The lowest BCUT2D eigenvalue weighted by molar-refractivity contribution is -0.464. The molecule has 1 rings (SSSR count). The molecule has 0 unspecified atom stereocenters. The molecule has 90 valence electrons. The van der Waals surface area contributed by atoms with Crippen molar-refractivity contribution in [3.63, 3.8) is 0 Å². The van der Waals surface area contributed by atoms with E-state index >= 15 is 0 Å². The largest absolute Gasteiger partial charge is 0.415 e. The van der Waals surface area contributed by atoms with Crippen molar-refractivity contribution in [2.45, 2.75) is 20.8 Å². The van der Waals surface area contributed by atoms with Gasteiger partial charge in [0.25, 0.3) is 0 Å². The molecule has 0 fully saturated rings. The van der Waals surface area contributed by atoms with Gasteiger partial charge in [-0.3, -0.25) is 4.58 Å². The second kappa shape index (κ2) is 6.94. The van der Waals surface area contributed by atoms with Gasteiger partial charge in [0.05, 0.1) is 12.8 Å². The first-order valence-electron chi connectivity index (χ1n) is 5.68. The van der Waals surface area contributed by atoms with E-state index in [9.17, 15) is 0 Å². The van der Waals surface area contributed by atoms with E-state index in [-0.39, 0.29) is 0 Å². The zero-order valence-electron chi connectivity index (χ0n) is 11.4. The van der Waals surface area contributed by atoms with Gasteiger partial charge >= 0.3 is 0 Å². The molecule has 16 heavy (non-hydrogen) atoms. The minimum absolute atomic E-state index is 1.18. The average molecular weight is 220 g/mol. The van der Waals surface area contributed by atoms with E-state index in [0.717, 1.165) is 0 Å². The molecule has 0 aliphatic carbocycles. The fraction of sp³-hybridized carbons (Fsp3) is 0.429. The van der Waals surface area contributed by atoms with Gasteiger partial charge in [0.1, 0.15) is 7.05 Å². The van der Waals surface area contributed by atoms with Crippen LogP contribution in [0.2, 0.25) is 0 Å². The maximum atomic E-state index is 3.89. The van der Waals surface area contributed by atoms with Gasteiger partial charge in [-0.05, 0) is 26.7 Å². The highest BCUT2D eigenvalue weighted by atomic mass is 15.1. The molecular weight excluding hydrogens is 196 g/mol. The SMILES string of the molecule is C=[N+](C)[C-](C)c1ccccc1N(C)C.CC. The van der Waals surface area contributed by atoms with Crippen LogP contribution in [0.1, 0.15) is 26.3 Å². The number of hydrogen-bond donors (Lipinski definition) is 0. The highest BCUT2D eigenvalue weighted by molar-refractivity contribution is 5.56. The van der Waals surface area contributed by atoms with Crippen LogP contribution in [0.25, 0.3) is 0 Å². The summed E-state index contributed by atoms with van der Waals surface area (Å²) in [5, 5.41) is 0. The maximum absolute atomic E-state index is 3.89. The number of anilines is 1. The third kappa shape index (κ3) is 3.61. The normalized spacial score (nSPS) is 8.88. The average Bonchev–Trinajstić information content (AvgIpc) is 2.30. The Bertz CT molecular complexity index is 329. The Balaban J connectivity index is 0.00000106. The monoisotopic (exact) mass is 220 g/mol. The van der Waals surface area contributed by atoms with Crippen LogP contribution in [0.3, 0.4) is 0 Å². The van der Waals surface area contributed by atoms with Crippen LogP contribution >= 0.6 is 0 Å². The van der Waals surface area contributed by atoms with E-state index in [4.69, 9.17) is 0 Å². The van der Waals surface area contributed by atoms with E-state index < -0.39 is 0 Å². The summed E-state index contributed by atoms with van der Waals surface area (Å²) in [5.74, 6) is 0. The summed E-state index contributed by atoms with van der Waals surface area (Å²) >= 11 is 0. The van der Waals surface area contributed by atoms with Crippen molar-refractivity contribution in [1.82, 2.24) is 0 Å². The van der Waals surface area contributed by atoms with E-state index in [2.05, 4.69) is 56.9 Å². The van der Waals surface area contributed by atoms with Gasteiger partial charge < -0.3 is 4.90 Å². The molecule has 0 saturated heterocycles. The molecule has 1 aromatic rings. The van der Waals surface area contributed by atoms with E-state index in [1.165, 1.54) is 17.3 Å². The van der Waals surface area contributed by atoms with Crippen molar-refractivity contribution in [3.8, 4) is 0 Å². The van der Waals surface area contributed by atoms with Crippen LogP contribution in [0.4, 0.5) is 5.69 Å². The second-order valence-corrected chi connectivity index (χ2v) is 3.69. The van der Waals surface area contributed by atoms with Crippen LogP contribution in [0.5, 0.6) is 0 Å². The van der Waals surface area contributed by atoms with Crippen LogP contribution in [0.15, 0.2) is 24.3 Å². The first kappa shape index (κ1) is 14.6. The summed E-state index contributed by atoms with van der Waals surface area (Å²) in [6.45, 7) is 9.97. The Morgan fingerprint density at radius 1 is 1.19 bits per heavy atom. The number of hydrogen-bond acceptors (Lipinski definition) is 1.